The van der Waals surface area contributed by atoms with Gasteiger partial charge in [-0.15, -0.1) is 0 Å². The number of nitrogen functional groups attached to an aromatic ring is 1. The molecule has 3 nitrogen and oxygen atoms in total. The van der Waals surface area contributed by atoms with E-state index >= 15 is 0 Å². The van der Waals surface area contributed by atoms with Gasteiger partial charge in [0.25, 0.3) is 0 Å². The van der Waals surface area contributed by atoms with Crippen LogP contribution in [0.4, 0.5) is 15.8 Å². The van der Waals surface area contributed by atoms with E-state index in [-0.39, 0.29) is 5.82 Å². The first-order valence-corrected chi connectivity index (χ1v) is 7.02. The quantitative estimate of drug-likeness (QED) is 0.843. The Bertz CT molecular complexity index is 417. The Balaban J connectivity index is 1.92. The molecule has 5 heteroatoms. The normalized spacial score (nSPS) is 17.9. The lowest BCUT2D eigenvalue weighted by molar-refractivity contribution is 0.226. The molecule has 0 aromatic heterocycles. The van der Waals surface area contributed by atoms with Crippen LogP contribution in [0.1, 0.15) is 12.8 Å². The molecule has 0 bridgehead atoms. The summed E-state index contributed by atoms with van der Waals surface area (Å²) in [5, 5.41) is 3.33. The largest absolute Gasteiger partial charge is 0.397 e. The minimum absolute atomic E-state index is 0.322. The molecule has 1 saturated heterocycles. The van der Waals surface area contributed by atoms with Crippen LogP contribution in [0, 0.1) is 11.7 Å². The van der Waals surface area contributed by atoms with Crippen molar-refractivity contribution in [1.29, 1.82) is 0 Å². The first-order chi connectivity index (χ1) is 8.56. The molecular weight excluding hydrogens is 297 g/mol. The zero-order chi connectivity index (χ0) is 13.1. The molecule has 1 aliphatic heterocycles. The Labute approximate surface area is 116 Å². The third kappa shape index (κ3) is 3.36. The number of anilines is 2. The molecule has 1 fully saturated rings. The molecule has 1 aliphatic rings. The number of nitrogens with two attached hydrogens (primary N) is 1. The molecule has 1 aromatic carbocycles. The van der Waals surface area contributed by atoms with E-state index in [1.807, 2.05) is 0 Å². The highest BCUT2D eigenvalue weighted by atomic mass is 79.9. The summed E-state index contributed by atoms with van der Waals surface area (Å²) in [6, 6.07) is 3.06. The fourth-order valence-electron chi connectivity index (χ4n) is 2.24. The number of halogens is 2. The van der Waals surface area contributed by atoms with Crippen molar-refractivity contribution in [3.05, 3.63) is 22.4 Å². The second-order valence-electron chi connectivity index (χ2n) is 4.98. The monoisotopic (exact) mass is 315 g/mol. The number of nitrogens with zero attached hydrogens (tertiary/aromatic N) is 1. The van der Waals surface area contributed by atoms with Gasteiger partial charge < -0.3 is 16.0 Å². The van der Waals surface area contributed by atoms with Crippen molar-refractivity contribution >= 4 is 27.3 Å². The van der Waals surface area contributed by atoms with Crippen molar-refractivity contribution < 1.29 is 4.39 Å². The SMILES string of the molecule is CN1CCC(CNc2cc(Br)c(F)cc2N)CC1. The van der Waals surface area contributed by atoms with Gasteiger partial charge in [0.2, 0.25) is 0 Å². The van der Waals surface area contributed by atoms with Crippen LogP contribution in [0.25, 0.3) is 0 Å². The second kappa shape index (κ2) is 5.89. The van der Waals surface area contributed by atoms with Gasteiger partial charge in [-0.1, -0.05) is 0 Å². The molecular formula is C13H19BrFN3. The minimum Gasteiger partial charge on any atom is -0.397 e. The Morgan fingerprint density at radius 2 is 2.11 bits per heavy atom. The maximum absolute atomic E-state index is 13.2. The van der Waals surface area contributed by atoms with E-state index in [1.54, 1.807) is 6.07 Å². The lowest BCUT2D eigenvalue weighted by Crippen LogP contribution is -2.33. The molecule has 0 atom stereocenters. The van der Waals surface area contributed by atoms with Crippen LogP contribution in [0.5, 0.6) is 0 Å². The van der Waals surface area contributed by atoms with Gasteiger partial charge in [-0.3, -0.25) is 0 Å². The van der Waals surface area contributed by atoms with Gasteiger partial charge in [0.05, 0.1) is 15.8 Å². The topological polar surface area (TPSA) is 41.3 Å². The lowest BCUT2D eigenvalue weighted by atomic mass is 9.97. The Hall–Kier alpha value is -0.810. The standard InChI is InChI=1S/C13H19BrFN3/c1-18-4-2-9(3-5-18)8-17-13-6-10(14)11(15)7-12(13)16/h6-7,9,17H,2-5,8,16H2,1H3. The molecule has 0 amide bonds. The van der Waals surface area contributed by atoms with E-state index in [4.69, 9.17) is 5.73 Å². The predicted octanol–water partition coefficient (Wildman–Crippen LogP) is 2.92. The van der Waals surface area contributed by atoms with E-state index in [2.05, 4.69) is 33.2 Å². The predicted molar refractivity (Wildman–Crippen MR) is 77.2 cm³/mol. The number of likely N-dealkylation sites (tertiary alicyclic amines) is 1. The van der Waals surface area contributed by atoms with Gasteiger partial charge in [-0.05, 0) is 60.9 Å². The van der Waals surface area contributed by atoms with Crippen LogP contribution in [0.2, 0.25) is 0 Å². The zero-order valence-electron chi connectivity index (χ0n) is 10.5. The van der Waals surface area contributed by atoms with Crippen LogP contribution >= 0.6 is 15.9 Å². The van der Waals surface area contributed by atoms with Gasteiger partial charge in [0.1, 0.15) is 5.82 Å². The average Bonchev–Trinajstić information content (AvgIpc) is 2.34. The molecule has 0 saturated carbocycles. The summed E-state index contributed by atoms with van der Waals surface area (Å²) in [5.74, 6) is 0.349. The summed E-state index contributed by atoms with van der Waals surface area (Å²) >= 11 is 3.18. The lowest BCUT2D eigenvalue weighted by Gasteiger charge is -2.29. The first kappa shape index (κ1) is 13.6. The van der Waals surface area contributed by atoms with Crippen LogP contribution < -0.4 is 11.1 Å². The van der Waals surface area contributed by atoms with Crippen molar-refractivity contribution in [2.24, 2.45) is 5.92 Å². The number of hydrogen-bond acceptors (Lipinski definition) is 3. The number of piperidine rings is 1. The Morgan fingerprint density at radius 1 is 1.44 bits per heavy atom. The number of rotatable bonds is 3. The van der Waals surface area contributed by atoms with Crippen LogP contribution in [-0.4, -0.2) is 31.6 Å². The molecule has 0 unspecified atom stereocenters. The highest BCUT2D eigenvalue weighted by Crippen LogP contribution is 2.27. The fraction of sp³-hybridized carbons (Fsp3) is 0.538. The summed E-state index contributed by atoms with van der Waals surface area (Å²) in [7, 11) is 2.15. The zero-order valence-corrected chi connectivity index (χ0v) is 12.1. The van der Waals surface area contributed by atoms with Crippen molar-refractivity contribution in [3.63, 3.8) is 0 Å². The van der Waals surface area contributed by atoms with Gasteiger partial charge in [-0.2, -0.15) is 0 Å². The van der Waals surface area contributed by atoms with Crippen molar-refractivity contribution in [2.75, 3.05) is 37.7 Å². The van der Waals surface area contributed by atoms with Gasteiger partial charge in [0.15, 0.2) is 0 Å². The molecule has 2 rings (SSSR count). The molecule has 0 radical (unpaired) electrons. The Morgan fingerprint density at radius 3 is 2.78 bits per heavy atom. The number of hydrogen-bond donors (Lipinski definition) is 2. The second-order valence-corrected chi connectivity index (χ2v) is 5.84. The van der Waals surface area contributed by atoms with Crippen molar-refractivity contribution in [2.45, 2.75) is 12.8 Å². The average molecular weight is 316 g/mol. The third-order valence-electron chi connectivity index (χ3n) is 3.51. The van der Waals surface area contributed by atoms with Crippen molar-refractivity contribution in [1.82, 2.24) is 4.90 Å². The van der Waals surface area contributed by atoms with Crippen LogP contribution in [-0.2, 0) is 0 Å². The summed E-state index contributed by atoms with van der Waals surface area (Å²) in [6.45, 7) is 3.19. The van der Waals surface area contributed by atoms with E-state index in [0.717, 1.165) is 25.3 Å². The highest BCUT2D eigenvalue weighted by molar-refractivity contribution is 9.10. The summed E-state index contributed by atoms with van der Waals surface area (Å²) in [5.41, 5.74) is 7.07. The molecule has 0 aliphatic carbocycles. The smallest absolute Gasteiger partial charge is 0.139 e. The number of nitrogens with one attached hydrogen (secondary N) is 1. The molecule has 3 N–H and O–H groups in total. The molecule has 0 spiro atoms. The first-order valence-electron chi connectivity index (χ1n) is 6.23. The van der Waals surface area contributed by atoms with E-state index in [0.29, 0.717) is 16.1 Å². The molecule has 1 aromatic rings. The Kier molecular flexibility index (Phi) is 4.45. The van der Waals surface area contributed by atoms with Crippen LogP contribution in [0.15, 0.2) is 16.6 Å². The maximum atomic E-state index is 13.2. The molecule has 100 valence electrons. The van der Waals surface area contributed by atoms with Gasteiger partial charge >= 0.3 is 0 Å². The van der Waals surface area contributed by atoms with Crippen LogP contribution in [0.3, 0.4) is 0 Å². The van der Waals surface area contributed by atoms with E-state index in [9.17, 15) is 4.39 Å². The summed E-state index contributed by atoms with van der Waals surface area (Å²) < 4.78 is 13.7. The summed E-state index contributed by atoms with van der Waals surface area (Å²) in [6.07, 6.45) is 2.40. The summed E-state index contributed by atoms with van der Waals surface area (Å²) in [4.78, 5) is 2.35. The third-order valence-corrected chi connectivity index (χ3v) is 4.12. The number of benzene rings is 1. The fourth-order valence-corrected chi connectivity index (χ4v) is 2.58. The maximum Gasteiger partial charge on any atom is 0.139 e. The van der Waals surface area contributed by atoms with Gasteiger partial charge in [-0.25, -0.2) is 4.39 Å². The minimum atomic E-state index is -0.322. The van der Waals surface area contributed by atoms with E-state index in [1.165, 1.54) is 18.9 Å². The molecule has 18 heavy (non-hydrogen) atoms. The highest BCUT2D eigenvalue weighted by Gasteiger charge is 2.16. The van der Waals surface area contributed by atoms with E-state index < -0.39 is 0 Å². The van der Waals surface area contributed by atoms with Gasteiger partial charge in [0, 0.05) is 12.6 Å². The van der Waals surface area contributed by atoms with Crippen molar-refractivity contribution in [3.8, 4) is 0 Å². The molecule has 1 heterocycles.